The highest BCUT2D eigenvalue weighted by Crippen LogP contribution is 2.18. The van der Waals surface area contributed by atoms with E-state index in [1.54, 1.807) is 6.92 Å². The van der Waals surface area contributed by atoms with Crippen molar-refractivity contribution in [1.82, 2.24) is 0 Å². The Morgan fingerprint density at radius 2 is 2.00 bits per heavy atom. The van der Waals surface area contributed by atoms with Gasteiger partial charge in [0.25, 0.3) is 0 Å². The van der Waals surface area contributed by atoms with E-state index in [1.807, 2.05) is 0 Å². The van der Waals surface area contributed by atoms with Crippen molar-refractivity contribution >= 4 is 0 Å². The van der Waals surface area contributed by atoms with E-state index in [-0.39, 0.29) is 11.5 Å². The zero-order valence-corrected chi connectivity index (χ0v) is 6.04. The maximum Gasteiger partial charge on any atom is 0.215 e. The topological polar surface area (TPSA) is 43.1 Å². The van der Waals surface area contributed by atoms with Crippen LogP contribution in [0.5, 0.6) is 0 Å². The average Bonchev–Trinajstić information content (AvgIpc) is 1.87. The zero-order valence-electron chi connectivity index (χ0n) is 6.04. The van der Waals surface area contributed by atoms with Crippen LogP contribution in [0.1, 0.15) is 6.92 Å². The van der Waals surface area contributed by atoms with Crippen molar-refractivity contribution in [2.75, 3.05) is 6.54 Å². The molecule has 10 heavy (non-hydrogen) atoms. The van der Waals surface area contributed by atoms with Gasteiger partial charge in [-0.25, -0.2) is 0 Å². The number of rotatable bonds is 4. The second kappa shape index (κ2) is 3.15. The zero-order chi connectivity index (χ0) is 8.20. The Hall–Kier alpha value is -1.12. The van der Waals surface area contributed by atoms with Crippen LogP contribution in [0.3, 0.4) is 0 Å². The van der Waals surface area contributed by atoms with Gasteiger partial charge < -0.3 is 0 Å². The fourth-order valence-electron chi connectivity index (χ4n) is 0.491. The summed E-state index contributed by atoms with van der Waals surface area (Å²) in [6.45, 7) is 8.54. The minimum absolute atomic E-state index is 0.139. The van der Waals surface area contributed by atoms with Crippen LogP contribution < -0.4 is 0 Å². The van der Waals surface area contributed by atoms with E-state index in [2.05, 4.69) is 13.2 Å². The third kappa shape index (κ3) is 2.44. The molecule has 0 fully saturated rings. The lowest BCUT2D eigenvalue weighted by atomic mass is 9.92. The third-order valence-corrected chi connectivity index (χ3v) is 1.40. The van der Waals surface area contributed by atoms with E-state index in [0.717, 1.165) is 0 Å². The molecule has 0 rings (SSSR count). The second-order valence-electron chi connectivity index (χ2n) is 2.40. The molecule has 0 unspecified atom stereocenters. The molecule has 0 radical (unpaired) electrons. The highest BCUT2D eigenvalue weighted by Gasteiger charge is 2.21. The summed E-state index contributed by atoms with van der Waals surface area (Å²) in [5.41, 5.74) is -0.566. The molecule has 0 atom stereocenters. The molecule has 3 heteroatoms. The van der Waals surface area contributed by atoms with Crippen molar-refractivity contribution < 1.29 is 4.92 Å². The number of nitrogens with zero attached hydrogens (tertiary/aromatic N) is 1. The van der Waals surface area contributed by atoms with Crippen molar-refractivity contribution in [2.45, 2.75) is 6.92 Å². The van der Waals surface area contributed by atoms with E-state index in [1.165, 1.54) is 12.2 Å². The van der Waals surface area contributed by atoms with Crippen LogP contribution >= 0.6 is 0 Å². The highest BCUT2D eigenvalue weighted by atomic mass is 16.6. The first kappa shape index (κ1) is 8.88. The summed E-state index contributed by atoms with van der Waals surface area (Å²) in [7, 11) is 0. The Kier molecular flexibility index (Phi) is 2.80. The molecule has 0 aromatic rings. The average molecular weight is 141 g/mol. The van der Waals surface area contributed by atoms with Gasteiger partial charge in [0.05, 0.1) is 5.41 Å². The molecule has 3 nitrogen and oxygen atoms in total. The van der Waals surface area contributed by atoms with Crippen LogP contribution in [0.2, 0.25) is 0 Å². The van der Waals surface area contributed by atoms with Crippen LogP contribution in [0.4, 0.5) is 0 Å². The lowest BCUT2D eigenvalue weighted by molar-refractivity contribution is -0.490. The van der Waals surface area contributed by atoms with Gasteiger partial charge in [-0.3, -0.25) is 10.1 Å². The van der Waals surface area contributed by atoms with Gasteiger partial charge >= 0.3 is 0 Å². The van der Waals surface area contributed by atoms with Crippen LogP contribution in [0.25, 0.3) is 0 Å². The van der Waals surface area contributed by atoms with Crippen LogP contribution in [0.15, 0.2) is 25.3 Å². The third-order valence-electron chi connectivity index (χ3n) is 1.40. The normalized spacial score (nSPS) is 10.5. The summed E-state index contributed by atoms with van der Waals surface area (Å²) in [5.74, 6) is 0. The van der Waals surface area contributed by atoms with E-state index in [9.17, 15) is 10.1 Å². The molecule has 0 saturated heterocycles. The largest absolute Gasteiger partial charge is 0.265 e. The lowest BCUT2D eigenvalue weighted by Gasteiger charge is -2.13. The Balaban J connectivity index is 4.19. The first-order valence-corrected chi connectivity index (χ1v) is 2.93. The first-order chi connectivity index (χ1) is 4.54. The monoisotopic (exact) mass is 141 g/mol. The maximum absolute atomic E-state index is 10.0. The fraction of sp³-hybridized carbons (Fsp3) is 0.429. The van der Waals surface area contributed by atoms with Crippen molar-refractivity contribution in [3.63, 3.8) is 0 Å². The second-order valence-corrected chi connectivity index (χ2v) is 2.40. The molecular formula is C7H11NO2. The molecule has 0 amide bonds. The summed E-state index contributed by atoms with van der Waals surface area (Å²) in [5, 5.41) is 10.0. The molecule has 0 bridgehead atoms. The lowest BCUT2D eigenvalue weighted by Crippen LogP contribution is -2.21. The SMILES string of the molecule is C=CC(C)(C=C)C[N+](=O)[O-]. The predicted molar refractivity (Wildman–Crippen MR) is 40.4 cm³/mol. The van der Waals surface area contributed by atoms with E-state index in [0.29, 0.717) is 0 Å². The summed E-state index contributed by atoms with van der Waals surface area (Å²) in [4.78, 5) is 9.67. The molecule has 0 aromatic carbocycles. The molecule has 0 aliphatic heterocycles. The van der Waals surface area contributed by atoms with Gasteiger partial charge in [0, 0.05) is 4.92 Å². The smallest absolute Gasteiger partial charge is 0.215 e. The molecule has 0 heterocycles. The Bertz CT molecular complexity index is 155. The van der Waals surface area contributed by atoms with E-state index < -0.39 is 5.41 Å². The van der Waals surface area contributed by atoms with E-state index in [4.69, 9.17) is 0 Å². The van der Waals surface area contributed by atoms with Gasteiger partial charge in [-0.1, -0.05) is 12.2 Å². The summed E-state index contributed by atoms with van der Waals surface area (Å²) < 4.78 is 0. The minimum Gasteiger partial charge on any atom is -0.265 e. The van der Waals surface area contributed by atoms with Gasteiger partial charge in [0.1, 0.15) is 0 Å². The van der Waals surface area contributed by atoms with Crippen LogP contribution in [0, 0.1) is 15.5 Å². The number of hydrogen-bond acceptors (Lipinski definition) is 2. The summed E-state index contributed by atoms with van der Waals surface area (Å²) >= 11 is 0. The van der Waals surface area contributed by atoms with E-state index >= 15 is 0 Å². The summed E-state index contributed by atoms with van der Waals surface area (Å²) in [6, 6.07) is 0. The molecule has 0 aromatic heterocycles. The predicted octanol–water partition coefficient (Wildman–Crippen LogP) is 1.64. The molecular weight excluding hydrogens is 130 g/mol. The fourth-order valence-corrected chi connectivity index (χ4v) is 0.491. The van der Waals surface area contributed by atoms with Gasteiger partial charge in [-0.05, 0) is 6.92 Å². The van der Waals surface area contributed by atoms with Crippen molar-refractivity contribution in [2.24, 2.45) is 5.41 Å². The van der Waals surface area contributed by atoms with Gasteiger partial charge in [-0.15, -0.1) is 13.2 Å². The molecule has 0 aliphatic rings. The van der Waals surface area contributed by atoms with Gasteiger partial charge in [0.2, 0.25) is 6.54 Å². The molecule has 0 aliphatic carbocycles. The van der Waals surface area contributed by atoms with Gasteiger partial charge in [0.15, 0.2) is 0 Å². The van der Waals surface area contributed by atoms with Crippen molar-refractivity contribution in [3.05, 3.63) is 35.4 Å². The molecule has 0 saturated carbocycles. The summed E-state index contributed by atoms with van der Waals surface area (Å²) in [6.07, 6.45) is 3.06. The van der Waals surface area contributed by atoms with Gasteiger partial charge in [-0.2, -0.15) is 0 Å². The number of nitro groups is 1. The molecule has 0 spiro atoms. The van der Waals surface area contributed by atoms with Crippen LogP contribution in [-0.4, -0.2) is 11.5 Å². The Labute approximate surface area is 60.2 Å². The standard InChI is InChI=1S/C7H11NO2/c1-4-7(3,5-2)6-8(9)10/h4-5H,1-2,6H2,3H3. The van der Waals surface area contributed by atoms with Crippen molar-refractivity contribution in [3.8, 4) is 0 Å². The molecule has 0 N–H and O–H groups in total. The van der Waals surface area contributed by atoms with Crippen molar-refractivity contribution in [1.29, 1.82) is 0 Å². The number of hydrogen-bond donors (Lipinski definition) is 0. The minimum atomic E-state index is -0.566. The Morgan fingerprint density at radius 3 is 2.10 bits per heavy atom. The highest BCUT2D eigenvalue weighted by molar-refractivity contribution is 5.03. The molecule has 56 valence electrons. The Morgan fingerprint density at radius 1 is 1.60 bits per heavy atom. The first-order valence-electron chi connectivity index (χ1n) is 2.93. The quantitative estimate of drug-likeness (QED) is 0.339. The maximum atomic E-state index is 10.0. The van der Waals surface area contributed by atoms with Crippen LogP contribution in [-0.2, 0) is 0 Å².